The van der Waals surface area contributed by atoms with E-state index in [2.05, 4.69) is 41.8 Å². The second-order valence-electron chi connectivity index (χ2n) is 15.1. The number of fused-ring (bicyclic) bond motifs is 4. The molecule has 0 radical (unpaired) electrons. The maximum Gasteiger partial charge on any atom is 0.289 e. The molecule has 13 heteroatoms. The molecule has 4 aromatic carbocycles. The van der Waals surface area contributed by atoms with E-state index < -0.39 is 0 Å². The predicted molar refractivity (Wildman–Crippen MR) is 238 cm³/mol. The van der Waals surface area contributed by atoms with Gasteiger partial charge in [-0.15, -0.1) is 0 Å². The van der Waals surface area contributed by atoms with Crippen LogP contribution in [0.15, 0.2) is 103 Å². The Kier molecular flexibility index (Phi) is 12.1. The van der Waals surface area contributed by atoms with Gasteiger partial charge >= 0.3 is 0 Å². The molecule has 0 atom stereocenters. The first-order chi connectivity index (χ1) is 28.6. The monoisotopic (exact) mass is 920 g/mol. The van der Waals surface area contributed by atoms with E-state index in [4.69, 9.17) is 23.9 Å². The number of furan rings is 2. The molecule has 2 aliphatic rings. The van der Waals surface area contributed by atoms with Gasteiger partial charge in [-0.3, -0.25) is 9.59 Å². The first kappa shape index (κ1) is 40.5. The minimum Gasteiger partial charge on any atom is -0.451 e. The Morgan fingerprint density at radius 2 is 1.03 bits per heavy atom. The number of amides is 2. The summed E-state index contributed by atoms with van der Waals surface area (Å²) in [5, 5.41) is 9.53. The first-order valence-electron chi connectivity index (χ1n) is 20.1. The van der Waals surface area contributed by atoms with Crippen molar-refractivity contribution in [2.24, 2.45) is 0 Å². The van der Waals surface area contributed by atoms with Crippen molar-refractivity contribution < 1.29 is 23.5 Å². The smallest absolute Gasteiger partial charge is 0.289 e. The topological polar surface area (TPSA) is 144 Å². The van der Waals surface area contributed by atoms with E-state index in [1.165, 1.54) is 0 Å². The average molecular weight is 923 g/mol. The first-order valence-corrected chi connectivity index (χ1v) is 21.7. The summed E-state index contributed by atoms with van der Waals surface area (Å²) in [6.45, 7) is 8.67. The quantitative estimate of drug-likeness (QED) is 0.159. The number of aromatic nitrogens is 4. The van der Waals surface area contributed by atoms with Crippen LogP contribution in [0.5, 0.6) is 0 Å². The molecule has 10 rings (SSSR count). The Hall–Kier alpha value is -5.24. The molecular formula is C46H46Br2N6O5. The van der Waals surface area contributed by atoms with Crippen molar-refractivity contribution in [3.63, 3.8) is 0 Å². The van der Waals surface area contributed by atoms with Crippen molar-refractivity contribution >= 4 is 87.7 Å². The van der Waals surface area contributed by atoms with Crippen LogP contribution in [-0.2, 0) is 0 Å². The van der Waals surface area contributed by atoms with Crippen LogP contribution in [0.4, 0.5) is 0 Å². The van der Waals surface area contributed by atoms with Gasteiger partial charge in [-0.05, 0) is 107 Å². The third-order valence-corrected chi connectivity index (χ3v) is 12.3. The van der Waals surface area contributed by atoms with E-state index in [0.717, 1.165) is 101 Å². The molecule has 59 heavy (non-hydrogen) atoms. The van der Waals surface area contributed by atoms with Crippen LogP contribution in [0.1, 0.15) is 88.3 Å². The number of aliphatic hydroxyl groups excluding tert-OH is 1. The van der Waals surface area contributed by atoms with Crippen LogP contribution in [0.25, 0.3) is 44.0 Å². The number of carbonyl (C=O) groups excluding carboxylic acids is 2. The number of H-pyrrole nitrogens is 2. The van der Waals surface area contributed by atoms with E-state index in [0.29, 0.717) is 49.5 Å². The van der Waals surface area contributed by atoms with Gasteiger partial charge in [0, 0.05) is 75.5 Å². The van der Waals surface area contributed by atoms with Crippen molar-refractivity contribution in [2.75, 3.05) is 32.8 Å². The van der Waals surface area contributed by atoms with Gasteiger partial charge in [0.1, 0.15) is 22.8 Å². The Labute approximate surface area is 358 Å². The van der Waals surface area contributed by atoms with Crippen LogP contribution in [0.2, 0.25) is 0 Å². The summed E-state index contributed by atoms with van der Waals surface area (Å²) in [6, 6.07) is 27.8. The molecule has 0 aliphatic carbocycles. The number of carbonyl (C=O) groups is 2. The molecule has 0 bridgehead atoms. The standard InChI is InChI=1S/2C22H20BrN3O2.C2H6O/c2*1-13-16-12-15(23)6-7-19(16)28-20(13)22(27)26-10-8-14(9-11-26)21-24-17-4-2-3-5-18(17)25-21;1-2-3/h2*2-7,12,14H,8-11H2,1H3,(H,24,25);3H,2H2,1H3. The predicted octanol–water partition coefficient (Wildman–Crippen LogP) is 10.8. The number of para-hydroxylation sites is 4. The number of hydrogen-bond donors (Lipinski definition) is 3. The van der Waals surface area contributed by atoms with E-state index >= 15 is 0 Å². The zero-order valence-corrected chi connectivity index (χ0v) is 36.4. The SMILES string of the molecule is CCO.Cc1c(C(=O)N2CCC(c3nc4ccccc4[nH]3)CC2)oc2ccc(Br)cc12.Cc1c(C(=O)N2CCC(c3nc4ccccc4[nH]3)CC2)oc2ccc(Br)cc12. The molecule has 0 unspecified atom stereocenters. The van der Waals surface area contributed by atoms with Gasteiger partial charge in [-0.25, -0.2) is 9.97 Å². The molecule has 8 aromatic rings. The minimum absolute atomic E-state index is 0.0205. The third kappa shape index (κ3) is 8.46. The van der Waals surface area contributed by atoms with Gasteiger partial charge in [0.2, 0.25) is 0 Å². The summed E-state index contributed by atoms with van der Waals surface area (Å²) in [4.78, 5) is 46.3. The number of aryl methyl sites for hydroxylation is 2. The van der Waals surface area contributed by atoms with E-state index in [1.54, 1.807) is 6.92 Å². The summed E-state index contributed by atoms with van der Waals surface area (Å²) in [5.74, 6) is 3.62. The number of aromatic amines is 2. The number of aliphatic hydroxyl groups is 1. The van der Waals surface area contributed by atoms with Crippen LogP contribution in [0.3, 0.4) is 0 Å². The molecule has 304 valence electrons. The largest absolute Gasteiger partial charge is 0.451 e. The lowest BCUT2D eigenvalue weighted by molar-refractivity contribution is 0.0674. The summed E-state index contributed by atoms with van der Waals surface area (Å²) < 4.78 is 13.7. The molecule has 11 nitrogen and oxygen atoms in total. The molecule has 2 aliphatic heterocycles. The number of rotatable bonds is 4. The van der Waals surface area contributed by atoms with Crippen molar-refractivity contribution in [3.05, 3.63) is 128 Å². The lowest BCUT2D eigenvalue weighted by atomic mass is 9.96. The van der Waals surface area contributed by atoms with Gasteiger partial charge in [0.25, 0.3) is 11.8 Å². The summed E-state index contributed by atoms with van der Waals surface area (Å²) >= 11 is 6.97. The number of imidazole rings is 2. The van der Waals surface area contributed by atoms with Crippen LogP contribution in [0, 0.1) is 13.8 Å². The summed E-state index contributed by atoms with van der Waals surface area (Å²) in [7, 11) is 0. The molecule has 2 amide bonds. The van der Waals surface area contributed by atoms with Crippen LogP contribution in [-0.4, -0.2) is 79.4 Å². The van der Waals surface area contributed by atoms with Gasteiger partial charge in [0.15, 0.2) is 11.5 Å². The van der Waals surface area contributed by atoms with Crippen molar-refractivity contribution in [2.45, 2.75) is 58.3 Å². The van der Waals surface area contributed by atoms with Crippen molar-refractivity contribution in [1.29, 1.82) is 0 Å². The Morgan fingerprint density at radius 3 is 1.41 bits per heavy atom. The molecule has 0 saturated carbocycles. The fourth-order valence-corrected chi connectivity index (χ4v) is 8.85. The lowest BCUT2D eigenvalue weighted by Crippen LogP contribution is -2.38. The van der Waals surface area contributed by atoms with Crippen molar-refractivity contribution in [1.82, 2.24) is 29.7 Å². The van der Waals surface area contributed by atoms with Gasteiger partial charge in [-0.1, -0.05) is 56.1 Å². The summed E-state index contributed by atoms with van der Waals surface area (Å²) in [5.41, 5.74) is 7.45. The molecular weight excluding hydrogens is 876 g/mol. The Morgan fingerprint density at radius 1 is 0.661 bits per heavy atom. The molecule has 3 N–H and O–H groups in total. The van der Waals surface area contributed by atoms with Gasteiger partial charge in [0.05, 0.1) is 22.1 Å². The fraction of sp³-hybridized carbons (Fsp3) is 0.304. The molecule has 6 heterocycles. The summed E-state index contributed by atoms with van der Waals surface area (Å²) in [6.07, 6.45) is 3.60. The Bertz CT molecular complexity index is 2510. The highest BCUT2D eigenvalue weighted by Crippen LogP contribution is 2.34. The van der Waals surface area contributed by atoms with E-state index in [-0.39, 0.29) is 18.4 Å². The second kappa shape index (κ2) is 17.5. The highest BCUT2D eigenvalue weighted by molar-refractivity contribution is 9.10. The number of likely N-dealkylation sites (tertiary alicyclic amines) is 2. The molecule has 2 saturated heterocycles. The van der Waals surface area contributed by atoms with Gasteiger partial charge in [-0.2, -0.15) is 0 Å². The van der Waals surface area contributed by atoms with E-state index in [1.807, 2.05) is 109 Å². The lowest BCUT2D eigenvalue weighted by Gasteiger charge is -2.30. The van der Waals surface area contributed by atoms with Crippen LogP contribution < -0.4 is 0 Å². The fourth-order valence-electron chi connectivity index (χ4n) is 8.13. The second-order valence-corrected chi connectivity index (χ2v) is 17.0. The Balaban J connectivity index is 0.000000154. The normalized spacial score (nSPS) is 15.1. The minimum atomic E-state index is -0.0205. The third-order valence-electron chi connectivity index (χ3n) is 11.3. The maximum absolute atomic E-state index is 13.1. The number of benzene rings is 4. The highest BCUT2D eigenvalue weighted by atomic mass is 79.9. The number of piperidine rings is 2. The van der Waals surface area contributed by atoms with Gasteiger partial charge < -0.3 is 33.7 Å². The number of hydrogen-bond acceptors (Lipinski definition) is 7. The highest BCUT2D eigenvalue weighted by Gasteiger charge is 2.31. The van der Waals surface area contributed by atoms with Crippen molar-refractivity contribution in [3.8, 4) is 0 Å². The molecule has 2 fully saturated rings. The van der Waals surface area contributed by atoms with E-state index in [9.17, 15) is 9.59 Å². The average Bonchev–Trinajstić information content (AvgIpc) is 4.04. The number of nitrogens with one attached hydrogen (secondary N) is 2. The zero-order valence-electron chi connectivity index (χ0n) is 33.2. The number of halogens is 2. The van der Waals surface area contributed by atoms with Crippen LogP contribution >= 0.6 is 31.9 Å². The zero-order chi connectivity index (χ0) is 41.2. The maximum atomic E-state index is 13.1. The number of nitrogens with zero attached hydrogens (tertiary/aromatic N) is 4. The molecule has 0 spiro atoms. The molecule has 4 aromatic heterocycles.